The summed E-state index contributed by atoms with van der Waals surface area (Å²) in [5, 5.41) is 17.8. The molecule has 4 heteroatoms. The van der Waals surface area contributed by atoms with Crippen molar-refractivity contribution < 1.29 is 9.52 Å². The highest BCUT2D eigenvalue weighted by molar-refractivity contribution is 5.52. The van der Waals surface area contributed by atoms with Crippen LogP contribution in [0.25, 0.3) is 11.5 Å². The van der Waals surface area contributed by atoms with E-state index in [0.717, 1.165) is 11.1 Å². The maximum atomic E-state index is 10.4. The Labute approximate surface area is 81.2 Å². The highest BCUT2D eigenvalue weighted by atomic mass is 16.4. The van der Waals surface area contributed by atoms with E-state index in [4.69, 9.17) is 4.42 Å². The van der Waals surface area contributed by atoms with Crippen molar-refractivity contribution in [3.8, 4) is 11.5 Å². The minimum Gasteiger partial charge on any atom is -0.418 e. The third kappa shape index (κ3) is 1.65. The van der Waals surface area contributed by atoms with Crippen molar-refractivity contribution in [3.05, 3.63) is 35.7 Å². The third-order valence-electron chi connectivity index (χ3n) is 1.89. The molecular formula is C10H9N2O2. The van der Waals surface area contributed by atoms with Gasteiger partial charge in [0.2, 0.25) is 11.8 Å². The number of hydrogen-bond donors (Lipinski definition) is 0. The first-order chi connectivity index (χ1) is 6.79. The van der Waals surface area contributed by atoms with Gasteiger partial charge >= 0.3 is 0 Å². The van der Waals surface area contributed by atoms with Gasteiger partial charge in [-0.1, -0.05) is 17.7 Å². The van der Waals surface area contributed by atoms with Crippen LogP contribution < -0.4 is 0 Å². The Morgan fingerprint density at radius 1 is 1.21 bits per heavy atom. The molecular weight excluding hydrogens is 180 g/mol. The number of aryl methyl sites for hydroxylation is 1. The van der Waals surface area contributed by atoms with Crippen molar-refractivity contribution in [2.24, 2.45) is 0 Å². The van der Waals surface area contributed by atoms with Crippen LogP contribution in [-0.4, -0.2) is 10.2 Å². The van der Waals surface area contributed by atoms with Gasteiger partial charge in [0.1, 0.15) is 0 Å². The normalized spacial score (nSPS) is 10.4. The predicted molar refractivity (Wildman–Crippen MR) is 48.9 cm³/mol. The summed E-state index contributed by atoms with van der Waals surface area (Å²) < 4.78 is 5.12. The molecule has 2 rings (SSSR count). The van der Waals surface area contributed by atoms with E-state index in [-0.39, 0.29) is 5.89 Å². The van der Waals surface area contributed by atoms with E-state index in [1.807, 2.05) is 31.2 Å². The summed E-state index contributed by atoms with van der Waals surface area (Å²) in [5.74, 6) is 0.524. The van der Waals surface area contributed by atoms with Crippen LogP contribution >= 0.6 is 0 Å². The van der Waals surface area contributed by atoms with Crippen LogP contribution in [0.4, 0.5) is 0 Å². The maximum Gasteiger partial charge on any atom is 0.247 e. The van der Waals surface area contributed by atoms with Crippen molar-refractivity contribution in [2.75, 3.05) is 0 Å². The molecule has 14 heavy (non-hydrogen) atoms. The van der Waals surface area contributed by atoms with Crippen molar-refractivity contribution in [1.82, 2.24) is 10.2 Å². The number of aromatic nitrogens is 2. The first-order valence-corrected chi connectivity index (χ1v) is 4.27. The van der Waals surface area contributed by atoms with Crippen molar-refractivity contribution in [3.63, 3.8) is 0 Å². The van der Waals surface area contributed by atoms with Crippen LogP contribution in [0.1, 0.15) is 11.5 Å². The second kappa shape index (κ2) is 3.59. The topological polar surface area (TPSA) is 58.8 Å². The lowest BCUT2D eigenvalue weighted by atomic mass is 10.1. The van der Waals surface area contributed by atoms with Crippen LogP contribution in [0, 0.1) is 6.92 Å². The molecule has 0 N–H and O–H groups in total. The SMILES string of the molecule is Cc1ccc(-c2nnc(C[O])o2)cc1. The predicted octanol–water partition coefficient (Wildman–Crippen LogP) is 1.98. The standard InChI is InChI=1S/C10H9N2O2/c1-7-2-4-8(5-3-7)10-12-11-9(6-13)14-10/h2-5H,6H2,1H3. The van der Waals surface area contributed by atoms with Crippen LogP contribution in [0.2, 0.25) is 0 Å². The van der Waals surface area contributed by atoms with Gasteiger partial charge in [0, 0.05) is 5.56 Å². The summed E-state index contributed by atoms with van der Waals surface area (Å²) in [4.78, 5) is 0. The van der Waals surface area contributed by atoms with Gasteiger partial charge < -0.3 is 4.42 Å². The maximum absolute atomic E-state index is 10.4. The highest BCUT2D eigenvalue weighted by Crippen LogP contribution is 2.17. The van der Waals surface area contributed by atoms with Crippen molar-refractivity contribution in [1.29, 1.82) is 0 Å². The number of benzene rings is 1. The first kappa shape index (κ1) is 8.90. The summed E-state index contributed by atoms with van der Waals surface area (Å²) in [5.41, 5.74) is 2.00. The molecule has 0 aliphatic rings. The smallest absolute Gasteiger partial charge is 0.247 e. The van der Waals surface area contributed by atoms with E-state index < -0.39 is 6.61 Å². The first-order valence-electron chi connectivity index (χ1n) is 4.27. The van der Waals surface area contributed by atoms with E-state index in [0.29, 0.717) is 5.89 Å². The van der Waals surface area contributed by atoms with Crippen LogP contribution in [0.5, 0.6) is 0 Å². The minimum atomic E-state index is -0.473. The molecule has 0 fully saturated rings. The van der Waals surface area contributed by atoms with Gasteiger partial charge in [-0.05, 0) is 19.1 Å². The Hall–Kier alpha value is -1.68. The third-order valence-corrected chi connectivity index (χ3v) is 1.89. The number of hydrogen-bond acceptors (Lipinski definition) is 3. The van der Waals surface area contributed by atoms with Crippen LogP contribution in [-0.2, 0) is 11.7 Å². The van der Waals surface area contributed by atoms with Gasteiger partial charge in [-0.3, -0.25) is 0 Å². The van der Waals surface area contributed by atoms with Gasteiger partial charge in [-0.2, -0.15) is 0 Å². The number of nitrogens with zero attached hydrogens (tertiary/aromatic N) is 2. The summed E-state index contributed by atoms with van der Waals surface area (Å²) >= 11 is 0. The molecule has 71 valence electrons. The summed E-state index contributed by atoms with van der Waals surface area (Å²) in [6.07, 6.45) is 0. The van der Waals surface area contributed by atoms with E-state index in [9.17, 15) is 5.11 Å². The van der Waals surface area contributed by atoms with Crippen molar-refractivity contribution >= 4 is 0 Å². The molecule has 1 aromatic carbocycles. The lowest BCUT2D eigenvalue weighted by Gasteiger charge is -1.94. The fourth-order valence-corrected chi connectivity index (χ4v) is 1.12. The molecule has 2 aromatic rings. The highest BCUT2D eigenvalue weighted by Gasteiger charge is 2.06. The fraction of sp³-hybridized carbons (Fsp3) is 0.200. The molecule has 0 saturated heterocycles. The monoisotopic (exact) mass is 189 g/mol. The van der Waals surface area contributed by atoms with Crippen LogP contribution in [0.3, 0.4) is 0 Å². The van der Waals surface area contributed by atoms with E-state index in [1.165, 1.54) is 0 Å². The van der Waals surface area contributed by atoms with E-state index in [2.05, 4.69) is 10.2 Å². The van der Waals surface area contributed by atoms with Gasteiger partial charge in [-0.25, -0.2) is 5.11 Å². The molecule has 0 aliphatic heterocycles. The zero-order valence-electron chi connectivity index (χ0n) is 7.73. The molecule has 0 amide bonds. The lowest BCUT2D eigenvalue weighted by molar-refractivity contribution is 0.151. The lowest BCUT2D eigenvalue weighted by Crippen LogP contribution is -1.78. The van der Waals surface area contributed by atoms with Gasteiger partial charge in [0.05, 0.1) is 0 Å². The molecule has 0 saturated carbocycles. The Bertz CT molecular complexity index is 420. The molecule has 0 unspecified atom stereocenters. The molecule has 1 radical (unpaired) electrons. The Morgan fingerprint density at radius 2 is 1.93 bits per heavy atom. The fourth-order valence-electron chi connectivity index (χ4n) is 1.12. The van der Waals surface area contributed by atoms with Crippen LogP contribution in [0.15, 0.2) is 28.7 Å². The van der Waals surface area contributed by atoms with Gasteiger partial charge in [0.25, 0.3) is 0 Å². The molecule has 0 spiro atoms. The van der Waals surface area contributed by atoms with E-state index >= 15 is 0 Å². The second-order valence-electron chi connectivity index (χ2n) is 3.01. The number of rotatable bonds is 2. The Balaban J connectivity index is 2.34. The van der Waals surface area contributed by atoms with Crippen molar-refractivity contribution in [2.45, 2.75) is 13.5 Å². The quantitative estimate of drug-likeness (QED) is 0.725. The van der Waals surface area contributed by atoms with E-state index in [1.54, 1.807) is 0 Å². The molecule has 4 nitrogen and oxygen atoms in total. The largest absolute Gasteiger partial charge is 0.418 e. The summed E-state index contributed by atoms with van der Waals surface area (Å²) in [6.45, 7) is 1.53. The minimum absolute atomic E-state index is 0.126. The Kier molecular flexibility index (Phi) is 2.28. The molecule has 1 heterocycles. The molecule has 0 atom stereocenters. The van der Waals surface area contributed by atoms with Gasteiger partial charge in [0.15, 0.2) is 6.61 Å². The molecule has 1 aromatic heterocycles. The zero-order chi connectivity index (χ0) is 9.97. The average molecular weight is 189 g/mol. The summed E-state index contributed by atoms with van der Waals surface area (Å²) in [7, 11) is 0. The molecule has 0 aliphatic carbocycles. The summed E-state index contributed by atoms with van der Waals surface area (Å²) in [6, 6.07) is 7.68. The average Bonchev–Trinajstić information content (AvgIpc) is 2.67. The zero-order valence-corrected chi connectivity index (χ0v) is 7.73. The molecule has 0 bridgehead atoms. The second-order valence-corrected chi connectivity index (χ2v) is 3.01. The Morgan fingerprint density at radius 3 is 2.50 bits per heavy atom. The van der Waals surface area contributed by atoms with Gasteiger partial charge in [-0.15, -0.1) is 10.2 Å².